The number of pyridine rings is 2. The van der Waals surface area contributed by atoms with E-state index >= 15 is 0 Å². The Bertz CT molecular complexity index is 1170. The van der Waals surface area contributed by atoms with Gasteiger partial charge in [0.05, 0.1) is 22.5 Å². The van der Waals surface area contributed by atoms with Gasteiger partial charge in [0.1, 0.15) is 0 Å². The fourth-order valence-corrected chi connectivity index (χ4v) is 5.37. The minimum atomic E-state index is -3.25. The van der Waals surface area contributed by atoms with Gasteiger partial charge < -0.3 is 4.90 Å². The summed E-state index contributed by atoms with van der Waals surface area (Å²) in [7, 11) is -3.25. The Hall–Kier alpha value is -2.84. The topological polar surface area (TPSA) is 92.3 Å². The van der Waals surface area contributed by atoms with Crippen molar-refractivity contribution in [3.8, 4) is 11.3 Å². The first-order valence-electron chi connectivity index (χ1n) is 10.6. The van der Waals surface area contributed by atoms with Gasteiger partial charge in [0, 0.05) is 42.5 Å². The molecular weight excluding hydrogens is 412 g/mol. The summed E-state index contributed by atoms with van der Waals surface area (Å²) >= 11 is 0. The standard InChI is InChI=1S/C23H26N4O3S/c1-2-15-31(29,30)26-18-9-13-27(14-10-18)23(28)20-16-22(17-7-11-24-12-8-17)25-21-6-4-3-5-19(20)21/h3-8,11-12,16,18,26H,2,9-10,13-15H2,1H3. The first-order chi connectivity index (χ1) is 15.0. The van der Waals surface area contributed by atoms with Crippen LogP contribution in [0.4, 0.5) is 0 Å². The van der Waals surface area contributed by atoms with Crippen molar-refractivity contribution in [3.63, 3.8) is 0 Å². The molecule has 3 aromatic rings. The summed E-state index contributed by atoms with van der Waals surface area (Å²) in [6, 6.07) is 13.1. The Morgan fingerprint density at radius 1 is 1.13 bits per heavy atom. The number of likely N-dealkylation sites (tertiary alicyclic amines) is 1. The maximum Gasteiger partial charge on any atom is 0.254 e. The summed E-state index contributed by atoms with van der Waals surface area (Å²) in [4.78, 5) is 24.0. The fourth-order valence-electron chi connectivity index (χ4n) is 3.98. The Kier molecular flexibility index (Phi) is 6.29. The van der Waals surface area contributed by atoms with E-state index in [1.54, 1.807) is 12.4 Å². The molecule has 162 valence electrons. The van der Waals surface area contributed by atoms with Crippen LogP contribution in [0.25, 0.3) is 22.2 Å². The molecule has 1 amide bonds. The molecule has 0 spiro atoms. The van der Waals surface area contributed by atoms with Crippen LogP contribution in [-0.2, 0) is 10.0 Å². The zero-order chi connectivity index (χ0) is 21.8. The summed E-state index contributed by atoms with van der Waals surface area (Å²) in [5, 5.41) is 0.816. The highest BCUT2D eigenvalue weighted by atomic mass is 32.2. The molecular formula is C23H26N4O3S. The van der Waals surface area contributed by atoms with Gasteiger partial charge in [0.25, 0.3) is 5.91 Å². The molecule has 1 N–H and O–H groups in total. The number of fused-ring (bicyclic) bond motifs is 1. The molecule has 1 aliphatic heterocycles. The third-order valence-electron chi connectivity index (χ3n) is 5.52. The van der Waals surface area contributed by atoms with Crippen LogP contribution in [-0.4, -0.2) is 54.1 Å². The number of carbonyl (C=O) groups excluding carboxylic acids is 1. The van der Waals surface area contributed by atoms with E-state index in [0.29, 0.717) is 37.9 Å². The molecule has 1 fully saturated rings. The molecule has 0 unspecified atom stereocenters. The highest BCUT2D eigenvalue weighted by Gasteiger charge is 2.27. The van der Waals surface area contributed by atoms with Crippen molar-refractivity contribution in [3.05, 3.63) is 60.4 Å². The number of sulfonamides is 1. The molecule has 31 heavy (non-hydrogen) atoms. The molecule has 2 aromatic heterocycles. The number of piperidine rings is 1. The first kappa shape index (κ1) is 21.4. The van der Waals surface area contributed by atoms with Gasteiger partial charge in [-0.15, -0.1) is 0 Å². The highest BCUT2D eigenvalue weighted by molar-refractivity contribution is 7.89. The third-order valence-corrected chi connectivity index (χ3v) is 7.16. The maximum absolute atomic E-state index is 13.4. The van der Waals surface area contributed by atoms with Crippen molar-refractivity contribution in [1.82, 2.24) is 19.6 Å². The van der Waals surface area contributed by atoms with E-state index in [0.717, 1.165) is 22.2 Å². The van der Waals surface area contributed by atoms with Crippen molar-refractivity contribution >= 4 is 26.8 Å². The molecule has 3 heterocycles. The Labute approximate surface area is 182 Å². The fraction of sp³-hybridized carbons (Fsp3) is 0.348. The number of para-hydroxylation sites is 1. The lowest BCUT2D eigenvalue weighted by Gasteiger charge is -2.32. The number of rotatable bonds is 6. The van der Waals surface area contributed by atoms with Gasteiger partial charge in [-0.25, -0.2) is 18.1 Å². The van der Waals surface area contributed by atoms with Crippen LogP contribution in [0.3, 0.4) is 0 Å². The molecule has 8 heteroatoms. The molecule has 0 bridgehead atoms. The number of nitrogens with zero attached hydrogens (tertiary/aromatic N) is 3. The molecule has 7 nitrogen and oxygen atoms in total. The normalized spacial score (nSPS) is 15.3. The van der Waals surface area contributed by atoms with E-state index < -0.39 is 10.0 Å². The zero-order valence-corrected chi connectivity index (χ0v) is 18.3. The number of hydrogen-bond donors (Lipinski definition) is 1. The second-order valence-corrected chi connectivity index (χ2v) is 9.68. The van der Waals surface area contributed by atoms with E-state index in [1.807, 2.05) is 54.3 Å². The van der Waals surface area contributed by atoms with Crippen LogP contribution in [0.1, 0.15) is 36.5 Å². The predicted molar refractivity (Wildman–Crippen MR) is 121 cm³/mol. The quantitative estimate of drug-likeness (QED) is 0.638. The van der Waals surface area contributed by atoms with Gasteiger partial charge >= 0.3 is 0 Å². The summed E-state index contributed by atoms with van der Waals surface area (Å²) in [5.74, 6) is 0.0798. The number of aromatic nitrogens is 2. The number of hydrogen-bond acceptors (Lipinski definition) is 5. The minimum Gasteiger partial charge on any atom is -0.339 e. The Balaban J connectivity index is 1.57. The molecule has 1 aromatic carbocycles. The van der Waals surface area contributed by atoms with E-state index in [9.17, 15) is 13.2 Å². The van der Waals surface area contributed by atoms with Crippen molar-refractivity contribution in [2.75, 3.05) is 18.8 Å². The van der Waals surface area contributed by atoms with Gasteiger partial charge in [-0.2, -0.15) is 0 Å². The summed E-state index contributed by atoms with van der Waals surface area (Å²) < 4.78 is 26.9. The molecule has 0 radical (unpaired) electrons. The average molecular weight is 439 g/mol. The average Bonchev–Trinajstić information content (AvgIpc) is 2.78. The largest absolute Gasteiger partial charge is 0.339 e. The van der Waals surface area contributed by atoms with Crippen molar-refractivity contribution in [1.29, 1.82) is 0 Å². The van der Waals surface area contributed by atoms with E-state index in [1.165, 1.54) is 0 Å². The second-order valence-electron chi connectivity index (χ2n) is 7.81. The SMILES string of the molecule is CCCS(=O)(=O)NC1CCN(C(=O)c2cc(-c3ccncc3)nc3ccccc23)CC1. The van der Waals surface area contributed by atoms with Crippen LogP contribution in [0.5, 0.6) is 0 Å². The van der Waals surface area contributed by atoms with E-state index in [4.69, 9.17) is 4.98 Å². The molecule has 4 rings (SSSR count). The smallest absolute Gasteiger partial charge is 0.254 e. The third kappa shape index (κ3) is 4.91. The minimum absolute atomic E-state index is 0.0521. The van der Waals surface area contributed by atoms with Gasteiger partial charge in [-0.3, -0.25) is 9.78 Å². The Morgan fingerprint density at radius 3 is 2.55 bits per heavy atom. The van der Waals surface area contributed by atoms with Gasteiger partial charge in [0.2, 0.25) is 10.0 Å². The lowest BCUT2D eigenvalue weighted by molar-refractivity contribution is 0.0713. The second kappa shape index (κ2) is 9.11. The van der Waals surface area contributed by atoms with Crippen LogP contribution in [0.2, 0.25) is 0 Å². The summed E-state index contributed by atoms with van der Waals surface area (Å²) in [5.41, 5.74) is 3.01. The van der Waals surface area contributed by atoms with Gasteiger partial charge in [0.15, 0.2) is 0 Å². The lowest BCUT2D eigenvalue weighted by atomic mass is 10.0. The number of amides is 1. The number of benzene rings is 1. The van der Waals surface area contributed by atoms with Crippen LogP contribution >= 0.6 is 0 Å². The van der Waals surface area contributed by atoms with Crippen LogP contribution < -0.4 is 4.72 Å². The Morgan fingerprint density at radius 2 is 1.84 bits per heavy atom. The predicted octanol–water partition coefficient (Wildman–Crippen LogP) is 3.23. The van der Waals surface area contributed by atoms with Crippen molar-refractivity contribution < 1.29 is 13.2 Å². The van der Waals surface area contributed by atoms with Crippen molar-refractivity contribution in [2.24, 2.45) is 0 Å². The van der Waals surface area contributed by atoms with Crippen LogP contribution in [0, 0.1) is 0 Å². The van der Waals surface area contributed by atoms with Crippen molar-refractivity contribution in [2.45, 2.75) is 32.2 Å². The van der Waals surface area contributed by atoms with Gasteiger partial charge in [-0.1, -0.05) is 25.1 Å². The van der Waals surface area contributed by atoms with E-state index in [2.05, 4.69) is 9.71 Å². The van der Waals surface area contributed by atoms with Crippen LogP contribution in [0.15, 0.2) is 54.9 Å². The van der Waals surface area contributed by atoms with E-state index in [-0.39, 0.29) is 17.7 Å². The number of nitrogens with one attached hydrogen (secondary N) is 1. The monoisotopic (exact) mass is 438 g/mol. The maximum atomic E-state index is 13.4. The highest BCUT2D eigenvalue weighted by Crippen LogP contribution is 2.26. The molecule has 1 aliphatic rings. The molecule has 1 saturated heterocycles. The zero-order valence-electron chi connectivity index (χ0n) is 17.5. The molecule has 0 aliphatic carbocycles. The summed E-state index contributed by atoms with van der Waals surface area (Å²) in [6.45, 7) is 2.87. The summed E-state index contributed by atoms with van der Waals surface area (Å²) in [6.07, 6.45) is 5.21. The number of carbonyl (C=O) groups is 1. The van der Waals surface area contributed by atoms with Gasteiger partial charge in [-0.05, 0) is 43.5 Å². The first-order valence-corrected chi connectivity index (χ1v) is 12.2. The molecule has 0 atom stereocenters. The lowest BCUT2D eigenvalue weighted by Crippen LogP contribution is -2.47. The molecule has 0 saturated carbocycles.